The van der Waals surface area contributed by atoms with Gasteiger partial charge >= 0.3 is 0 Å². The maximum Gasteiger partial charge on any atom is 0.249 e. The predicted octanol–water partition coefficient (Wildman–Crippen LogP) is -1.21. The van der Waals surface area contributed by atoms with Crippen molar-refractivity contribution in [2.45, 2.75) is 38.6 Å². The smallest absolute Gasteiger partial charge is 0.249 e. The Bertz CT molecular complexity index is 500. The van der Waals surface area contributed by atoms with Crippen LogP contribution in [0.1, 0.15) is 32.6 Å². The molecule has 2 rings (SSSR count). The molecule has 2 aliphatic rings. The topological polar surface area (TPSA) is 104 Å². The van der Waals surface area contributed by atoms with Crippen LogP contribution < -0.4 is 5.32 Å². The number of hydrogen-bond acceptors (Lipinski definition) is 5. The van der Waals surface area contributed by atoms with E-state index in [1.807, 2.05) is 0 Å². The number of piperazine rings is 1. The van der Waals surface area contributed by atoms with Gasteiger partial charge in [-0.15, -0.1) is 0 Å². The predicted molar refractivity (Wildman–Crippen MR) is 69.5 cm³/mol. The molecule has 2 saturated heterocycles. The number of carbonyl (C=O) groups excluding carboxylic acids is 5. The maximum absolute atomic E-state index is 12.2. The van der Waals surface area contributed by atoms with Gasteiger partial charge in [0.1, 0.15) is 12.6 Å². The minimum atomic E-state index is -0.680. The van der Waals surface area contributed by atoms with Crippen molar-refractivity contribution < 1.29 is 24.0 Å². The van der Waals surface area contributed by atoms with E-state index in [2.05, 4.69) is 5.32 Å². The van der Waals surface area contributed by atoms with E-state index in [1.165, 1.54) is 4.90 Å². The quantitative estimate of drug-likeness (QED) is 0.655. The summed E-state index contributed by atoms with van der Waals surface area (Å²) in [6.45, 7) is 1.57. The van der Waals surface area contributed by atoms with Crippen LogP contribution in [0.2, 0.25) is 0 Å². The Morgan fingerprint density at radius 3 is 2.38 bits per heavy atom. The molecule has 1 unspecified atom stereocenters. The summed E-state index contributed by atoms with van der Waals surface area (Å²) >= 11 is 0. The van der Waals surface area contributed by atoms with Crippen LogP contribution in [0.5, 0.6) is 0 Å². The minimum Gasteiger partial charge on any atom is -0.321 e. The zero-order chi connectivity index (χ0) is 15.6. The number of hydrogen-bond donors (Lipinski definition) is 1. The zero-order valence-electron chi connectivity index (χ0n) is 11.8. The SMILES string of the molecule is CCC1C(=O)NC(=O)CN1C(=O)CCN1C(=O)CCC1=O. The standard InChI is InChI=1S/C13H17N3O5/c1-2-8-13(21)14-9(17)7-16(8)12(20)5-6-15-10(18)3-4-11(15)19/h8H,2-7H2,1H3,(H,14,17,21). The van der Waals surface area contributed by atoms with Crippen LogP contribution in [0.4, 0.5) is 0 Å². The number of nitrogens with one attached hydrogen (secondary N) is 1. The summed E-state index contributed by atoms with van der Waals surface area (Å²) in [4.78, 5) is 60.4. The Kier molecular flexibility index (Phi) is 4.35. The monoisotopic (exact) mass is 295 g/mol. The van der Waals surface area contributed by atoms with Gasteiger partial charge in [-0.05, 0) is 6.42 Å². The molecule has 0 aromatic rings. The van der Waals surface area contributed by atoms with E-state index in [0.717, 1.165) is 4.90 Å². The summed E-state index contributed by atoms with van der Waals surface area (Å²) in [5.41, 5.74) is 0. The van der Waals surface area contributed by atoms with Gasteiger partial charge in [0.05, 0.1) is 0 Å². The first-order valence-electron chi connectivity index (χ1n) is 6.90. The molecule has 1 atom stereocenters. The largest absolute Gasteiger partial charge is 0.321 e. The van der Waals surface area contributed by atoms with Crippen LogP contribution in [0.15, 0.2) is 0 Å². The van der Waals surface area contributed by atoms with Gasteiger partial charge in [-0.3, -0.25) is 34.2 Å². The van der Waals surface area contributed by atoms with E-state index >= 15 is 0 Å². The van der Waals surface area contributed by atoms with Gasteiger partial charge < -0.3 is 4.90 Å². The van der Waals surface area contributed by atoms with E-state index in [1.54, 1.807) is 6.92 Å². The Balaban J connectivity index is 1.98. The average molecular weight is 295 g/mol. The van der Waals surface area contributed by atoms with Gasteiger partial charge in [0, 0.05) is 25.8 Å². The molecule has 114 valence electrons. The highest BCUT2D eigenvalue weighted by molar-refractivity contribution is 6.05. The van der Waals surface area contributed by atoms with E-state index in [0.29, 0.717) is 6.42 Å². The molecule has 21 heavy (non-hydrogen) atoms. The maximum atomic E-state index is 12.2. The molecule has 1 N–H and O–H groups in total. The summed E-state index contributed by atoms with van der Waals surface area (Å²) < 4.78 is 0. The second-order valence-corrected chi connectivity index (χ2v) is 5.05. The fraction of sp³-hybridized carbons (Fsp3) is 0.615. The van der Waals surface area contributed by atoms with Gasteiger partial charge in [-0.25, -0.2) is 0 Å². The molecule has 8 nitrogen and oxygen atoms in total. The Morgan fingerprint density at radius 2 is 1.81 bits per heavy atom. The highest BCUT2D eigenvalue weighted by Crippen LogP contribution is 2.14. The molecule has 2 aliphatic heterocycles. The molecule has 0 aromatic heterocycles. The molecule has 0 bridgehead atoms. The summed E-state index contributed by atoms with van der Waals surface area (Å²) in [5, 5.41) is 2.19. The Hall–Kier alpha value is -2.25. The zero-order valence-corrected chi connectivity index (χ0v) is 11.8. The summed E-state index contributed by atoms with van der Waals surface area (Å²) in [5.74, 6) is -1.99. The van der Waals surface area contributed by atoms with E-state index in [4.69, 9.17) is 0 Å². The first-order valence-corrected chi connectivity index (χ1v) is 6.90. The average Bonchev–Trinajstić information content (AvgIpc) is 2.74. The van der Waals surface area contributed by atoms with Crippen LogP contribution in [0, 0.1) is 0 Å². The minimum absolute atomic E-state index is 0.000750. The summed E-state index contributed by atoms with van der Waals surface area (Å²) in [6, 6.07) is -0.680. The molecule has 8 heteroatoms. The van der Waals surface area contributed by atoms with Crippen molar-refractivity contribution in [3.63, 3.8) is 0 Å². The lowest BCUT2D eigenvalue weighted by Gasteiger charge is -2.33. The molecule has 5 amide bonds. The van der Waals surface area contributed by atoms with Crippen molar-refractivity contribution in [1.29, 1.82) is 0 Å². The van der Waals surface area contributed by atoms with E-state index in [9.17, 15) is 24.0 Å². The highest BCUT2D eigenvalue weighted by Gasteiger charge is 2.36. The lowest BCUT2D eigenvalue weighted by Crippen LogP contribution is -2.59. The molecule has 0 radical (unpaired) electrons. The summed E-state index contributed by atoms with van der Waals surface area (Å²) in [7, 11) is 0. The number of amides is 5. The van der Waals surface area contributed by atoms with Crippen molar-refractivity contribution in [2.24, 2.45) is 0 Å². The number of nitrogens with zero attached hydrogens (tertiary/aromatic N) is 2. The fourth-order valence-electron chi connectivity index (χ4n) is 2.56. The number of rotatable bonds is 4. The van der Waals surface area contributed by atoms with Crippen molar-refractivity contribution in [3.05, 3.63) is 0 Å². The molecule has 0 aromatic carbocycles. The van der Waals surface area contributed by atoms with E-state index in [-0.39, 0.29) is 44.2 Å². The van der Waals surface area contributed by atoms with Crippen LogP contribution in [0.3, 0.4) is 0 Å². The number of carbonyl (C=O) groups is 5. The molecule has 0 spiro atoms. The van der Waals surface area contributed by atoms with Crippen molar-refractivity contribution in [3.8, 4) is 0 Å². The third-order valence-electron chi connectivity index (χ3n) is 3.67. The van der Waals surface area contributed by atoms with Gasteiger partial charge in [0.15, 0.2) is 0 Å². The second kappa shape index (κ2) is 6.02. The molecule has 0 saturated carbocycles. The van der Waals surface area contributed by atoms with Crippen molar-refractivity contribution in [1.82, 2.24) is 15.1 Å². The first-order chi connectivity index (χ1) is 9.93. The van der Waals surface area contributed by atoms with Gasteiger partial charge in [0.25, 0.3) is 0 Å². The third-order valence-corrected chi connectivity index (χ3v) is 3.67. The second-order valence-electron chi connectivity index (χ2n) is 5.05. The highest BCUT2D eigenvalue weighted by atomic mass is 16.2. The molecular weight excluding hydrogens is 278 g/mol. The van der Waals surface area contributed by atoms with Crippen LogP contribution in [-0.4, -0.2) is 58.5 Å². The van der Waals surface area contributed by atoms with E-state index < -0.39 is 23.8 Å². The van der Waals surface area contributed by atoms with Gasteiger partial charge in [0.2, 0.25) is 29.5 Å². The summed E-state index contributed by atoms with van der Waals surface area (Å²) in [6.07, 6.45) is 0.672. The molecule has 2 heterocycles. The normalized spacial score (nSPS) is 22.8. The molecule has 2 fully saturated rings. The van der Waals surface area contributed by atoms with Crippen LogP contribution in [-0.2, 0) is 24.0 Å². The number of likely N-dealkylation sites (tertiary alicyclic amines) is 1. The molecular formula is C13H17N3O5. The Morgan fingerprint density at radius 1 is 1.19 bits per heavy atom. The Labute approximate surface area is 121 Å². The van der Waals surface area contributed by atoms with Crippen LogP contribution in [0.25, 0.3) is 0 Å². The van der Waals surface area contributed by atoms with Crippen molar-refractivity contribution in [2.75, 3.05) is 13.1 Å². The third kappa shape index (κ3) is 3.09. The molecule has 0 aliphatic carbocycles. The lowest BCUT2D eigenvalue weighted by molar-refractivity contribution is -0.151. The fourth-order valence-corrected chi connectivity index (χ4v) is 2.56. The van der Waals surface area contributed by atoms with Gasteiger partial charge in [-0.2, -0.15) is 0 Å². The van der Waals surface area contributed by atoms with Crippen molar-refractivity contribution >= 4 is 29.5 Å². The van der Waals surface area contributed by atoms with Crippen LogP contribution >= 0.6 is 0 Å². The number of imide groups is 2. The lowest BCUT2D eigenvalue weighted by atomic mass is 10.1. The first kappa shape index (κ1) is 15.1. The van der Waals surface area contributed by atoms with Gasteiger partial charge in [-0.1, -0.05) is 6.92 Å².